The lowest BCUT2D eigenvalue weighted by Crippen LogP contribution is -2.51. The monoisotopic (exact) mass is 254 g/mol. The second kappa shape index (κ2) is 5.22. The smallest absolute Gasteiger partial charge is 0.350 e. The summed E-state index contributed by atoms with van der Waals surface area (Å²) >= 11 is 0. The summed E-state index contributed by atoms with van der Waals surface area (Å²) in [4.78, 5) is 23.2. The van der Waals surface area contributed by atoms with Gasteiger partial charge in [0, 0.05) is 0 Å². The zero-order valence-corrected chi connectivity index (χ0v) is 10.1. The van der Waals surface area contributed by atoms with Gasteiger partial charge < -0.3 is 18.9 Å². The van der Waals surface area contributed by atoms with E-state index in [1.165, 1.54) is 14.2 Å². The quantitative estimate of drug-likeness (QED) is 0.661. The predicted octanol–water partition coefficient (Wildman–Crippen LogP) is 0.329. The van der Waals surface area contributed by atoms with E-state index in [0.717, 1.165) is 0 Å². The number of ether oxygens (including phenoxy) is 4. The van der Waals surface area contributed by atoms with Crippen molar-refractivity contribution in [3.63, 3.8) is 0 Å². The highest BCUT2D eigenvalue weighted by atomic mass is 16.6. The average molecular weight is 254 g/mol. The van der Waals surface area contributed by atoms with Gasteiger partial charge in [0.2, 0.25) is 12.2 Å². The van der Waals surface area contributed by atoms with E-state index in [-0.39, 0.29) is 6.10 Å². The Kier molecular flexibility index (Phi) is 3.66. The summed E-state index contributed by atoms with van der Waals surface area (Å²) in [6.07, 6.45) is 3.41. The van der Waals surface area contributed by atoms with Gasteiger partial charge in [-0.05, 0) is 12.5 Å². The van der Waals surface area contributed by atoms with Gasteiger partial charge in [0.05, 0.1) is 14.2 Å². The van der Waals surface area contributed by atoms with Crippen molar-refractivity contribution in [2.45, 2.75) is 24.7 Å². The first-order valence-corrected chi connectivity index (χ1v) is 5.52. The highest BCUT2D eigenvalue weighted by molar-refractivity contribution is 5.86. The lowest BCUT2D eigenvalue weighted by atomic mass is 10.1. The Hall–Kier alpha value is -1.82. The number of methoxy groups -OCH3 is 2. The van der Waals surface area contributed by atoms with E-state index in [1.54, 1.807) is 6.08 Å². The van der Waals surface area contributed by atoms with E-state index in [2.05, 4.69) is 9.47 Å². The van der Waals surface area contributed by atoms with E-state index in [0.29, 0.717) is 12.2 Å². The molecule has 0 saturated carbocycles. The highest BCUT2D eigenvalue weighted by Gasteiger charge is 2.45. The Morgan fingerprint density at radius 3 is 2.56 bits per heavy atom. The Labute approximate surface area is 104 Å². The van der Waals surface area contributed by atoms with Crippen LogP contribution in [0.1, 0.15) is 6.42 Å². The van der Waals surface area contributed by atoms with Crippen LogP contribution in [0.25, 0.3) is 0 Å². The summed E-state index contributed by atoms with van der Waals surface area (Å²) in [6, 6.07) is 0. The van der Waals surface area contributed by atoms with Gasteiger partial charge in [0.25, 0.3) is 0 Å². The van der Waals surface area contributed by atoms with Crippen molar-refractivity contribution in [3.05, 3.63) is 24.0 Å². The Morgan fingerprint density at radius 2 is 1.89 bits per heavy atom. The van der Waals surface area contributed by atoms with Crippen LogP contribution in [0.2, 0.25) is 0 Å². The third-order valence-electron chi connectivity index (χ3n) is 2.78. The normalized spacial score (nSPS) is 29.7. The minimum atomic E-state index is -1.13. The Bertz CT molecular complexity index is 411. The molecule has 1 saturated heterocycles. The van der Waals surface area contributed by atoms with Gasteiger partial charge in [-0.15, -0.1) is 0 Å². The van der Waals surface area contributed by atoms with Crippen LogP contribution in [0, 0.1) is 0 Å². The van der Waals surface area contributed by atoms with Crippen LogP contribution in [0.4, 0.5) is 0 Å². The fourth-order valence-corrected chi connectivity index (χ4v) is 1.87. The van der Waals surface area contributed by atoms with E-state index >= 15 is 0 Å². The molecule has 1 fully saturated rings. The van der Waals surface area contributed by atoms with Crippen LogP contribution in [0.5, 0.6) is 0 Å². The number of hydrogen-bond donors (Lipinski definition) is 0. The first-order chi connectivity index (χ1) is 8.67. The molecular weight excluding hydrogens is 240 g/mol. The van der Waals surface area contributed by atoms with Crippen molar-refractivity contribution in [2.75, 3.05) is 14.2 Å². The molecule has 0 radical (unpaired) electrons. The van der Waals surface area contributed by atoms with Gasteiger partial charge >= 0.3 is 11.9 Å². The SMILES string of the molecule is COC(=O)C1OC2=CC=CCC2OC1C(=O)OC. The number of carbonyl (C=O) groups is 2. The molecule has 6 heteroatoms. The molecule has 6 nitrogen and oxygen atoms in total. The van der Waals surface area contributed by atoms with Crippen molar-refractivity contribution in [2.24, 2.45) is 0 Å². The number of carbonyl (C=O) groups excluding carboxylic acids is 2. The number of allylic oxidation sites excluding steroid dienone is 2. The maximum atomic E-state index is 11.6. The second-order valence-electron chi connectivity index (χ2n) is 3.86. The zero-order chi connectivity index (χ0) is 13.1. The molecule has 1 heterocycles. The third-order valence-corrected chi connectivity index (χ3v) is 2.78. The summed E-state index contributed by atoms with van der Waals surface area (Å²) in [5.41, 5.74) is 0. The number of hydrogen-bond acceptors (Lipinski definition) is 6. The topological polar surface area (TPSA) is 71.1 Å². The molecular formula is C12H14O6. The average Bonchev–Trinajstić information content (AvgIpc) is 2.44. The standard InChI is InChI=1S/C12H14O6/c1-15-11(13)9-10(12(14)16-2)18-8-6-4-3-5-7(8)17-9/h3-5,8-10H,6H2,1-2H3. The number of fused-ring (bicyclic) bond motifs is 1. The van der Waals surface area contributed by atoms with Crippen LogP contribution in [-0.2, 0) is 28.5 Å². The van der Waals surface area contributed by atoms with E-state index in [1.807, 2.05) is 12.2 Å². The largest absolute Gasteiger partial charge is 0.477 e. The van der Waals surface area contributed by atoms with Crippen LogP contribution >= 0.6 is 0 Å². The van der Waals surface area contributed by atoms with Gasteiger partial charge in [0.15, 0.2) is 0 Å². The first-order valence-electron chi connectivity index (χ1n) is 5.52. The van der Waals surface area contributed by atoms with Crippen LogP contribution in [-0.4, -0.2) is 44.5 Å². The molecule has 0 aromatic carbocycles. The highest BCUT2D eigenvalue weighted by Crippen LogP contribution is 2.29. The molecule has 2 aliphatic rings. The molecule has 1 aliphatic heterocycles. The molecule has 98 valence electrons. The minimum Gasteiger partial charge on any atom is -0.477 e. The Morgan fingerprint density at radius 1 is 1.22 bits per heavy atom. The minimum absolute atomic E-state index is 0.361. The maximum Gasteiger partial charge on any atom is 0.350 e. The van der Waals surface area contributed by atoms with Gasteiger partial charge in [-0.2, -0.15) is 0 Å². The van der Waals surface area contributed by atoms with Crippen molar-refractivity contribution in [1.82, 2.24) is 0 Å². The lowest BCUT2D eigenvalue weighted by Gasteiger charge is -2.36. The van der Waals surface area contributed by atoms with Crippen LogP contribution in [0.15, 0.2) is 24.0 Å². The first kappa shape index (κ1) is 12.6. The van der Waals surface area contributed by atoms with Gasteiger partial charge in [-0.1, -0.05) is 12.2 Å². The molecule has 3 atom stereocenters. The van der Waals surface area contributed by atoms with Crippen molar-refractivity contribution in [1.29, 1.82) is 0 Å². The number of esters is 2. The van der Waals surface area contributed by atoms with Gasteiger partial charge in [-0.25, -0.2) is 9.59 Å². The maximum absolute atomic E-state index is 11.6. The fraction of sp³-hybridized carbons (Fsp3) is 0.500. The van der Waals surface area contributed by atoms with Crippen molar-refractivity contribution in [3.8, 4) is 0 Å². The summed E-state index contributed by atoms with van der Waals surface area (Å²) in [5.74, 6) is -0.800. The summed E-state index contributed by atoms with van der Waals surface area (Å²) in [7, 11) is 2.45. The molecule has 0 aromatic heterocycles. The zero-order valence-electron chi connectivity index (χ0n) is 10.1. The predicted molar refractivity (Wildman–Crippen MR) is 59.4 cm³/mol. The molecule has 2 rings (SSSR count). The molecule has 0 spiro atoms. The van der Waals surface area contributed by atoms with Crippen molar-refractivity contribution < 1.29 is 28.5 Å². The summed E-state index contributed by atoms with van der Waals surface area (Å²) < 4.78 is 20.2. The van der Waals surface area contributed by atoms with Gasteiger partial charge in [0.1, 0.15) is 11.9 Å². The summed E-state index contributed by atoms with van der Waals surface area (Å²) in [5, 5.41) is 0. The molecule has 0 aromatic rings. The van der Waals surface area contributed by atoms with Crippen LogP contribution < -0.4 is 0 Å². The van der Waals surface area contributed by atoms with Crippen LogP contribution in [0.3, 0.4) is 0 Å². The molecule has 0 N–H and O–H groups in total. The Balaban J connectivity index is 2.22. The van der Waals surface area contributed by atoms with E-state index in [4.69, 9.17) is 9.47 Å². The lowest BCUT2D eigenvalue weighted by molar-refractivity contribution is -0.197. The molecule has 0 bridgehead atoms. The number of rotatable bonds is 2. The van der Waals surface area contributed by atoms with Crippen molar-refractivity contribution >= 4 is 11.9 Å². The molecule has 18 heavy (non-hydrogen) atoms. The molecule has 1 aliphatic carbocycles. The molecule has 3 unspecified atom stereocenters. The second-order valence-corrected chi connectivity index (χ2v) is 3.86. The third kappa shape index (κ3) is 2.24. The van der Waals surface area contributed by atoms with E-state index < -0.39 is 24.1 Å². The fourth-order valence-electron chi connectivity index (χ4n) is 1.87. The summed E-state index contributed by atoms with van der Waals surface area (Å²) in [6.45, 7) is 0. The van der Waals surface area contributed by atoms with E-state index in [9.17, 15) is 9.59 Å². The molecule has 0 amide bonds. The van der Waals surface area contributed by atoms with Gasteiger partial charge in [-0.3, -0.25) is 0 Å².